The normalized spacial score (nSPS) is 35.4. The number of fused-ring (bicyclic) bond motifs is 4. The second kappa shape index (κ2) is 13.2. The number of benzene rings is 1. The minimum atomic E-state index is -5.15. The molecular weight excluding hydrogens is 797 g/mol. The van der Waals surface area contributed by atoms with Crippen LogP contribution in [0, 0.1) is 0 Å². The molecule has 54 heavy (non-hydrogen) atoms. The van der Waals surface area contributed by atoms with E-state index in [4.69, 9.17) is 49.8 Å². The zero-order chi connectivity index (χ0) is 37.6. The molecule has 10 atom stereocenters. The van der Waals surface area contributed by atoms with Crippen molar-refractivity contribution in [3.05, 3.63) is 65.2 Å². The van der Waals surface area contributed by atoms with Crippen LogP contribution in [0.3, 0.4) is 0 Å². The van der Waals surface area contributed by atoms with E-state index in [1.165, 1.54) is 17.2 Å². The van der Waals surface area contributed by atoms with Gasteiger partial charge in [-0.1, -0.05) is 30.4 Å². The van der Waals surface area contributed by atoms with Crippen molar-refractivity contribution in [3.8, 4) is 0 Å². The maximum atomic E-state index is 16.1. The third-order valence-corrected chi connectivity index (χ3v) is 12.4. The van der Waals surface area contributed by atoms with Gasteiger partial charge in [0.25, 0.3) is 11.5 Å². The van der Waals surface area contributed by atoms with E-state index >= 15 is 4.39 Å². The lowest BCUT2D eigenvalue weighted by atomic mass is 10.0. The Hall–Kier alpha value is -3.77. The molecular formula is C28H27FN10O11P2S2. The van der Waals surface area contributed by atoms with E-state index in [9.17, 15) is 19.0 Å². The Morgan fingerprint density at radius 2 is 1.81 bits per heavy atom. The number of hydrogen-bond donors (Lipinski definition) is 5. The third kappa shape index (κ3) is 6.15. The molecule has 1 amide bonds. The number of phosphoric acid groups is 1. The standard InChI is InChI=1S/C28H27FN10O11P2S2/c29-14-13-6-45-52(53,54)50-19-18-26(38-10-33-15-20(31-9-32-21(15)38)35-23(40)12-4-2-1-3-5-12)48-28(19,7-44-18)8-46-51(42,43)49-17(14)25(47-13)39-11-34-16-22(39)36-27(30)37-24(16)41/h1-5,9-11,13-14,17-19,25-26H,6-8H2,(H,42,43)(H,53,54)(H3,30,36,37,41)(H,31,32,35,40)/t13-,14+,17-,18-,19+,25-,26-,28-/m1/s1. The fourth-order valence-corrected chi connectivity index (χ4v) is 9.72. The first kappa shape index (κ1) is 35.9. The number of aromatic nitrogens is 8. The van der Waals surface area contributed by atoms with Crippen molar-refractivity contribution < 1.29 is 50.9 Å². The number of anilines is 2. The number of imidazole rings is 2. The first-order valence-electron chi connectivity index (χ1n) is 16.0. The highest BCUT2D eigenvalue weighted by Gasteiger charge is 2.65. The number of nitrogen functional groups attached to an aromatic ring is 1. The van der Waals surface area contributed by atoms with Crippen LogP contribution in [0.4, 0.5) is 16.2 Å². The van der Waals surface area contributed by atoms with E-state index in [0.29, 0.717) is 5.56 Å². The van der Waals surface area contributed by atoms with Gasteiger partial charge in [-0.05, 0) is 23.9 Å². The van der Waals surface area contributed by atoms with Gasteiger partial charge in [0.1, 0.15) is 36.3 Å². The average molecular weight is 825 g/mol. The van der Waals surface area contributed by atoms with Crippen LogP contribution in [0.15, 0.2) is 54.1 Å². The molecule has 4 fully saturated rings. The fourth-order valence-electron chi connectivity index (χ4n) is 6.79. The number of halogens is 1. The summed E-state index contributed by atoms with van der Waals surface area (Å²) in [5.74, 6) is -0.553. The Balaban J connectivity index is 1.02. The first-order valence-corrected chi connectivity index (χ1v) is 21.3. The monoisotopic (exact) mass is 824 g/mol. The van der Waals surface area contributed by atoms with Gasteiger partial charge in [-0.25, -0.2) is 28.9 Å². The van der Waals surface area contributed by atoms with Gasteiger partial charge in [-0.15, -0.1) is 0 Å². The van der Waals surface area contributed by atoms with Crippen LogP contribution < -0.4 is 16.6 Å². The van der Waals surface area contributed by atoms with Crippen molar-refractivity contribution in [2.45, 2.75) is 48.6 Å². The van der Waals surface area contributed by atoms with Crippen LogP contribution in [0.5, 0.6) is 0 Å². The lowest BCUT2D eigenvalue weighted by molar-refractivity contribution is -0.184. The van der Waals surface area contributed by atoms with Gasteiger partial charge in [0.2, 0.25) is 11.6 Å². The number of nitrogens with one attached hydrogen (secondary N) is 2. The number of hydrogen-bond acceptors (Lipinski definition) is 17. The average Bonchev–Trinajstić information content (AvgIpc) is 3.95. The molecule has 0 saturated carbocycles. The molecule has 2 unspecified atom stereocenters. The maximum Gasteiger partial charge on any atom is 0.472 e. The summed E-state index contributed by atoms with van der Waals surface area (Å²) in [6.07, 6.45) is -6.20. The van der Waals surface area contributed by atoms with Crippen molar-refractivity contribution in [1.82, 2.24) is 39.0 Å². The molecule has 5 N–H and O–H groups in total. The Bertz CT molecular complexity index is 2460. The lowest BCUT2D eigenvalue weighted by Crippen LogP contribution is -2.45. The lowest BCUT2D eigenvalue weighted by Gasteiger charge is -2.33. The molecule has 4 saturated heterocycles. The van der Waals surface area contributed by atoms with Gasteiger partial charge < -0.3 is 39.2 Å². The molecule has 4 bridgehead atoms. The number of amides is 1. The number of phosphoric ester groups is 1. The summed E-state index contributed by atoms with van der Waals surface area (Å²) in [4.78, 5) is 59.7. The van der Waals surface area contributed by atoms with Gasteiger partial charge >= 0.3 is 7.82 Å². The number of aromatic amines is 1. The zero-order valence-electron chi connectivity index (χ0n) is 27.1. The number of rotatable bonds is 4. The van der Waals surface area contributed by atoms with Gasteiger partial charge in [0.15, 0.2) is 46.8 Å². The minimum absolute atomic E-state index is 0.106. The highest BCUT2D eigenvalue weighted by atomic mass is 32.9. The van der Waals surface area contributed by atoms with E-state index in [0.717, 1.165) is 10.9 Å². The molecule has 0 aliphatic carbocycles. The van der Waals surface area contributed by atoms with E-state index in [1.807, 2.05) is 0 Å². The predicted octanol–water partition coefficient (Wildman–Crippen LogP) is 1.77. The zero-order valence-corrected chi connectivity index (χ0v) is 30.6. The molecule has 26 heteroatoms. The second-order valence-electron chi connectivity index (χ2n) is 12.6. The molecule has 4 aliphatic rings. The van der Waals surface area contributed by atoms with Crippen molar-refractivity contribution >= 4 is 77.6 Å². The number of nitrogens with zero attached hydrogens (tertiary/aromatic N) is 7. The molecule has 21 nitrogen and oxygen atoms in total. The van der Waals surface area contributed by atoms with Crippen LogP contribution in [0.25, 0.3) is 22.3 Å². The van der Waals surface area contributed by atoms with Crippen LogP contribution in [0.2, 0.25) is 0 Å². The Kier molecular flexibility index (Phi) is 8.76. The van der Waals surface area contributed by atoms with E-state index in [-0.39, 0.29) is 40.7 Å². The van der Waals surface area contributed by atoms with Gasteiger partial charge in [-0.2, -0.15) is 4.98 Å². The van der Waals surface area contributed by atoms with Crippen molar-refractivity contribution in [1.29, 1.82) is 0 Å². The van der Waals surface area contributed by atoms with Crippen molar-refractivity contribution in [2.75, 3.05) is 30.9 Å². The molecule has 1 aromatic carbocycles. The second-order valence-corrected chi connectivity index (χ2v) is 19.2. The summed E-state index contributed by atoms with van der Waals surface area (Å²) in [7, 11) is -5.15. The number of carbonyl (C=O) groups excluding carboxylic acids is 1. The topological polar surface area (TPSA) is 264 Å². The quantitative estimate of drug-likeness (QED) is 0.128. The smallest absolute Gasteiger partial charge is 0.369 e. The number of alkyl halides is 1. The molecule has 284 valence electrons. The van der Waals surface area contributed by atoms with Crippen LogP contribution in [-0.4, -0.2) is 106 Å². The number of H-pyrrole nitrogens is 1. The summed E-state index contributed by atoms with van der Waals surface area (Å²) in [5.41, 5.74) is 0.464. The molecule has 4 aromatic heterocycles. The first-order chi connectivity index (χ1) is 25.8. The van der Waals surface area contributed by atoms with Crippen molar-refractivity contribution in [2.24, 2.45) is 0 Å². The van der Waals surface area contributed by atoms with Crippen molar-refractivity contribution in [3.63, 3.8) is 0 Å². The van der Waals surface area contributed by atoms with Gasteiger partial charge in [0.05, 0.1) is 32.5 Å². The van der Waals surface area contributed by atoms with Crippen LogP contribution in [-0.2, 0) is 48.7 Å². The highest BCUT2D eigenvalue weighted by Crippen LogP contribution is 2.62. The number of nitrogens with two attached hydrogens (primary N) is 1. The SMILES string of the molecule is Nc1nc2c(ncn2[C@@H]2O[C@@H]3COP(=S)(S)O[C@H]4[C@H]5OC[C@]4(COP(=O)(O)O[C@@H]2[C@H]3F)O[C@H]5n2cnc3c(NC(=O)c4ccccc4)ncnc32)c(=O)[nH]1. The molecule has 0 radical (unpaired) electrons. The Labute approximate surface area is 311 Å². The fraction of sp³-hybridized carbons (Fsp3) is 0.393. The van der Waals surface area contributed by atoms with Gasteiger partial charge in [0, 0.05) is 5.56 Å². The maximum absolute atomic E-state index is 16.1. The van der Waals surface area contributed by atoms with Crippen LogP contribution in [0.1, 0.15) is 22.8 Å². The largest absolute Gasteiger partial charge is 0.472 e. The molecule has 9 rings (SSSR count). The molecule has 4 aliphatic heterocycles. The number of thiol groups is 1. The third-order valence-electron chi connectivity index (χ3n) is 9.24. The van der Waals surface area contributed by atoms with E-state index in [2.05, 4.69) is 47.5 Å². The Morgan fingerprint density at radius 3 is 2.61 bits per heavy atom. The Morgan fingerprint density at radius 1 is 1.06 bits per heavy atom. The van der Waals surface area contributed by atoms with E-state index < -0.39 is 86.8 Å². The van der Waals surface area contributed by atoms with E-state index in [1.54, 1.807) is 30.3 Å². The summed E-state index contributed by atoms with van der Waals surface area (Å²) in [6, 6.07) is 8.52. The molecule has 5 aromatic rings. The number of carbonyl (C=O) groups is 1. The summed E-state index contributed by atoms with van der Waals surface area (Å²) in [5, 5.41) is 2.74. The predicted molar refractivity (Wildman–Crippen MR) is 188 cm³/mol. The molecule has 0 spiro atoms. The summed E-state index contributed by atoms with van der Waals surface area (Å²) < 4.78 is 73.9. The minimum Gasteiger partial charge on any atom is -0.369 e. The number of ether oxygens (including phenoxy) is 3. The van der Waals surface area contributed by atoms with Gasteiger partial charge in [-0.3, -0.25) is 32.8 Å². The highest BCUT2D eigenvalue weighted by molar-refractivity contribution is 8.60. The van der Waals surface area contributed by atoms with Crippen LogP contribution >= 0.6 is 25.8 Å². The summed E-state index contributed by atoms with van der Waals surface area (Å²) in [6.45, 7) is -1.41. The summed E-state index contributed by atoms with van der Waals surface area (Å²) >= 11 is 10.1. The molecule has 8 heterocycles.